The number of rotatable bonds is 13. The lowest BCUT2D eigenvalue weighted by Gasteiger charge is -2.24. The van der Waals surface area contributed by atoms with Crippen molar-refractivity contribution in [3.05, 3.63) is 35.4 Å². The first-order chi connectivity index (χ1) is 13.0. The van der Waals surface area contributed by atoms with Crippen molar-refractivity contribution in [1.29, 1.82) is 0 Å². The zero-order chi connectivity index (χ0) is 20.0. The Labute approximate surface area is 189 Å². The van der Waals surface area contributed by atoms with Crippen LogP contribution in [0.15, 0.2) is 29.3 Å². The molecule has 0 bridgehead atoms. The van der Waals surface area contributed by atoms with Crippen molar-refractivity contribution in [2.24, 2.45) is 4.99 Å². The van der Waals surface area contributed by atoms with Gasteiger partial charge in [-0.25, -0.2) is 0 Å². The Balaban J connectivity index is 0.00000729. The summed E-state index contributed by atoms with van der Waals surface area (Å²) in [6, 6.07) is 8.91. The van der Waals surface area contributed by atoms with E-state index in [2.05, 4.69) is 62.6 Å². The molecule has 0 aliphatic carbocycles. The molecule has 28 heavy (non-hydrogen) atoms. The number of guanidine groups is 1. The molecule has 0 saturated heterocycles. The Morgan fingerprint density at radius 1 is 1.00 bits per heavy atom. The fourth-order valence-electron chi connectivity index (χ4n) is 2.68. The number of aliphatic imine (C=N–C) groups is 1. The van der Waals surface area contributed by atoms with E-state index in [1.54, 1.807) is 7.11 Å². The van der Waals surface area contributed by atoms with Crippen LogP contribution in [0.4, 0.5) is 0 Å². The second kappa shape index (κ2) is 16.0. The first-order valence-corrected chi connectivity index (χ1v) is 10.2. The average molecular weight is 505 g/mol. The lowest BCUT2D eigenvalue weighted by atomic mass is 9.84. The van der Waals surface area contributed by atoms with Crippen LogP contribution in [0.2, 0.25) is 0 Å². The van der Waals surface area contributed by atoms with Crippen molar-refractivity contribution in [3.63, 3.8) is 0 Å². The van der Waals surface area contributed by atoms with Gasteiger partial charge >= 0.3 is 0 Å². The number of benzene rings is 1. The number of hydrogen-bond donors (Lipinski definition) is 2. The number of hydrogen-bond acceptors (Lipinski definition) is 3. The monoisotopic (exact) mass is 505 g/mol. The third kappa shape index (κ3) is 11.2. The van der Waals surface area contributed by atoms with Gasteiger partial charge in [-0.15, -0.1) is 24.0 Å². The molecule has 0 amide bonds. The topological polar surface area (TPSA) is 54.9 Å². The summed E-state index contributed by atoms with van der Waals surface area (Å²) in [5.74, 6) is 0.885. The molecule has 0 atom stereocenters. The van der Waals surface area contributed by atoms with E-state index in [0.29, 0.717) is 13.2 Å². The van der Waals surface area contributed by atoms with Gasteiger partial charge in [0, 0.05) is 32.2 Å². The second-order valence-corrected chi connectivity index (χ2v) is 7.37. The largest absolute Gasteiger partial charge is 0.382 e. The minimum Gasteiger partial charge on any atom is -0.382 e. The predicted molar refractivity (Wildman–Crippen MR) is 130 cm³/mol. The van der Waals surface area contributed by atoms with Crippen LogP contribution in [0.25, 0.3) is 0 Å². The molecule has 1 aromatic carbocycles. The molecule has 0 aliphatic rings. The molecule has 0 unspecified atom stereocenters. The van der Waals surface area contributed by atoms with E-state index >= 15 is 0 Å². The molecule has 0 aromatic heterocycles. The van der Waals surface area contributed by atoms with Crippen molar-refractivity contribution in [3.8, 4) is 0 Å². The van der Waals surface area contributed by atoms with E-state index in [1.807, 2.05) is 0 Å². The van der Waals surface area contributed by atoms with Crippen molar-refractivity contribution in [2.75, 3.05) is 46.6 Å². The second-order valence-electron chi connectivity index (χ2n) is 7.37. The number of nitrogens with one attached hydrogen (secondary N) is 2. The summed E-state index contributed by atoms with van der Waals surface area (Å²) in [5, 5.41) is 6.76. The molecule has 0 spiro atoms. The molecule has 1 aromatic rings. The molecule has 0 fully saturated rings. The van der Waals surface area contributed by atoms with Crippen LogP contribution in [-0.4, -0.2) is 52.5 Å². The van der Waals surface area contributed by atoms with E-state index in [0.717, 1.165) is 51.5 Å². The number of unbranched alkanes of at least 4 members (excludes halogenated alkanes) is 1. The number of nitrogens with zero attached hydrogens (tertiary/aromatic N) is 1. The number of ether oxygens (including phenoxy) is 2. The van der Waals surface area contributed by atoms with E-state index in [-0.39, 0.29) is 29.4 Å². The summed E-state index contributed by atoms with van der Waals surface area (Å²) < 4.78 is 10.5. The molecule has 0 radical (unpaired) electrons. The molecule has 2 N–H and O–H groups in total. The van der Waals surface area contributed by atoms with Crippen LogP contribution in [-0.2, 0) is 21.3 Å². The van der Waals surface area contributed by atoms with Crippen LogP contribution in [0.5, 0.6) is 0 Å². The van der Waals surface area contributed by atoms with Gasteiger partial charge in [0.1, 0.15) is 0 Å². The van der Waals surface area contributed by atoms with Crippen molar-refractivity contribution >= 4 is 29.9 Å². The number of halogens is 1. The Morgan fingerprint density at radius 3 is 2.32 bits per heavy atom. The van der Waals surface area contributed by atoms with E-state index in [9.17, 15) is 0 Å². The summed E-state index contributed by atoms with van der Waals surface area (Å²) in [4.78, 5) is 4.81. The van der Waals surface area contributed by atoms with Crippen molar-refractivity contribution in [1.82, 2.24) is 10.6 Å². The molecule has 0 heterocycles. The van der Waals surface area contributed by atoms with Crippen LogP contribution in [0.1, 0.15) is 51.7 Å². The Hall–Kier alpha value is -0.860. The van der Waals surface area contributed by atoms with Gasteiger partial charge in [0.05, 0.1) is 19.8 Å². The first-order valence-electron chi connectivity index (χ1n) is 10.2. The van der Waals surface area contributed by atoms with Gasteiger partial charge in [-0.1, -0.05) is 45.0 Å². The molecule has 6 heteroatoms. The average Bonchev–Trinajstić information content (AvgIpc) is 2.68. The summed E-state index contributed by atoms with van der Waals surface area (Å²) in [6.45, 7) is 13.4. The SMILES string of the molecule is CCNC(=NCC(C)(C)c1ccc(CC)cc1)NCCCCOCCOC.I. The van der Waals surface area contributed by atoms with Gasteiger partial charge in [-0.2, -0.15) is 0 Å². The maximum Gasteiger partial charge on any atom is 0.191 e. The van der Waals surface area contributed by atoms with Crippen LogP contribution in [0.3, 0.4) is 0 Å². The molecule has 162 valence electrons. The highest BCUT2D eigenvalue weighted by molar-refractivity contribution is 14.0. The zero-order valence-electron chi connectivity index (χ0n) is 18.3. The van der Waals surface area contributed by atoms with E-state index in [1.165, 1.54) is 11.1 Å². The van der Waals surface area contributed by atoms with Gasteiger partial charge in [-0.05, 0) is 37.3 Å². The van der Waals surface area contributed by atoms with Gasteiger partial charge in [0.15, 0.2) is 5.96 Å². The van der Waals surface area contributed by atoms with Gasteiger partial charge in [0.25, 0.3) is 0 Å². The predicted octanol–water partition coefficient (Wildman–Crippen LogP) is 4.14. The summed E-state index contributed by atoms with van der Waals surface area (Å²) >= 11 is 0. The van der Waals surface area contributed by atoms with E-state index < -0.39 is 0 Å². The van der Waals surface area contributed by atoms with Gasteiger partial charge < -0.3 is 20.1 Å². The molecular formula is C22H40IN3O2. The minimum atomic E-state index is 0. The molecular weight excluding hydrogens is 465 g/mol. The van der Waals surface area contributed by atoms with Gasteiger partial charge in [0.2, 0.25) is 0 Å². The van der Waals surface area contributed by atoms with Gasteiger partial charge in [-0.3, -0.25) is 4.99 Å². The molecule has 1 rings (SSSR count). The highest BCUT2D eigenvalue weighted by Crippen LogP contribution is 2.24. The molecule has 0 saturated carbocycles. The van der Waals surface area contributed by atoms with Crippen molar-refractivity contribution in [2.45, 2.75) is 52.4 Å². The summed E-state index contributed by atoms with van der Waals surface area (Å²) in [7, 11) is 1.69. The fraction of sp³-hybridized carbons (Fsp3) is 0.682. The van der Waals surface area contributed by atoms with Crippen molar-refractivity contribution < 1.29 is 9.47 Å². The fourth-order valence-corrected chi connectivity index (χ4v) is 2.68. The Bertz CT molecular complexity index is 533. The first kappa shape index (κ1) is 27.1. The quantitative estimate of drug-likeness (QED) is 0.183. The Morgan fingerprint density at radius 2 is 1.71 bits per heavy atom. The third-order valence-electron chi connectivity index (χ3n) is 4.56. The third-order valence-corrected chi connectivity index (χ3v) is 4.56. The molecule has 5 nitrogen and oxygen atoms in total. The summed E-state index contributed by atoms with van der Waals surface area (Å²) in [5.41, 5.74) is 2.70. The standard InChI is InChI=1S/C22H39N3O2.HI/c1-6-19-10-12-20(13-11-19)22(3,4)18-25-21(23-7-2)24-14-8-9-15-27-17-16-26-5;/h10-13H,6-9,14-18H2,1-5H3,(H2,23,24,25);1H. The molecule has 0 aliphatic heterocycles. The maximum atomic E-state index is 5.49. The maximum absolute atomic E-state index is 5.49. The number of aryl methyl sites for hydroxylation is 1. The lowest BCUT2D eigenvalue weighted by Crippen LogP contribution is -2.39. The minimum absolute atomic E-state index is 0. The Kier molecular flexibility index (Phi) is 15.5. The highest BCUT2D eigenvalue weighted by atomic mass is 127. The van der Waals surface area contributed by atoms with Crippen LogP contribution >= 0.6 is 24.0 Å². The zero-order valence-corrected chi connectivity index (χ0v) is 20.7. The summed E-state index contributed by atoms with van der Waals surface area (Å²) in [6.07, 6.45) is 3.16. The van der Waals surface area contributed by atoms with E-state index in [4.69, 9.17) is 14.5 Å². The smallest absolute Gasteiger partial charge is 0.191 e. The number of methoxy groups -OCH3 is 1. The van der Waals surface area contributed by atoms with Crippen LogP contribution in [0, 0.1) is 0 Å². The normalized spacial score (nSPS) is 11.8. The van der Waals surface area contributed by atoms with Crippen LogP contribution < -0.4 is 10.6 Å². The highest BCUT2D eigenvalue weighted by Gasteiger charge is 2.20. The lowest BCUT2D eigenvalue weighted by molar-refractivity contribution is 0.0689.